The monoisotopic (exact) mass is 300 g/mol. The van der Waals surface area contributed by atoms with Crippen molar-refractivity contribution in [3.63, 3.8) is 0 Å². The highest BCUT2D eigenvalue weighted by Gasteiger charge is 2.03. The summed E-state index contributed by atoms with van der Waals surface area (Å²) in [7, 11) is 0. The van der Waals surface area contributed by atoms with Gasteiger partial charge in [-0.3, -0.25) is 0 Å². The maximum atomic E-state index is 5.86. The Morgan fingerprint density at radius 1 is 0.857 bits per heavy atom. The first-order valence-electron chi connectivity index (χ1n) is 6.04. The predicted octanol–water partition coefficient (Wildman–Crippen LogP) is 3.06. The Morgan fingerprint density at radius 2 is 1.52 bits per heavy atom. The fraction of sp³-hybridized carbons (Fsp3) is 0. The van der Waals surface area contributed by atoms with Gasteiger partial charge in [-0.2, -0.15) is 0 Å². The molecule has 0 saturated carbocycles. The van der Waals surface area contributed by atoms with Crippen LogP contribution in [0.15, 0.2) is 75.0 Å². The van der Waals surface area contributed by atoms with Crippen LogP contribution in [0.25, 0.3) is 0 Å². The third-order valence-corrected chi connectivity index (χ3v) is 2.63. The number of nitrogens with two attached hydrogens (primary N) is 2. The van der Waals surface area contributed by atoms with Gasteiger partial charge in [0.25, 0.3) is 0 Å². The van der Waals surface area contributed by atoms with Crippen molar-refractivity contribution in [3.05, 3.63) is 65.2 Å². The lowest BCUT2D eigenvalue weighted by Crippen LogP contribution is -2.22. The molecule has 0 radical (unpaired) electrons. The quantitative estimate of drug-likeness (QED) is 0.394. The highest BCUT2D eigenvalue weighted by atomic mass is 35.5. The highest BCUT2D eigenvalue weighted by Crippen LogP contribution is 2.14. The smallest absolute Gasteiger partial charge is 0.211 e. The molecule has 4 N–H and O–H groups in total. The van der Waals surface area contributed by atoms with Gasteiger partial charge < -0.3 is 11.5 Å². The summed E-state index contributed by atoms with van der Waals surface area (Å²) in [6.45, 7) is 0. The molecule has 0 atom stereocenters. The van der Waals surface area contributed by atoms with Gasteiger partial charge in [0.2, 0.25) is 11.8 Å². The number of halogens is 1. The van der Waals surface area contributed by atoms with Crippen LogP contribution in [0.4, 0.5) is 5.69 Å². The third-order valence-electron chi connectivity index (χ3n) is 2.38. The highest BCUT2D eigenvalue weighted by molar-refractivity contribution is 6.30. The molecule has 0 unspecified atom stereocenters. The Hall–Kier alpha value is -2.73. The molecule has 0 aliphatic heterocycles. The number of guanidine groups is 1. The van der Waals surface area contributed by atoms with Gasteiger partial charge in [-0.15, -0.1) is 20.4 Å². The molecule has 0 aliphatic carbocycles. The number of rotatable bonds is 3. The first kappa shape index (κ1) is 14.7. The summed E-state index contributed by atoms with van der Waals surface area (Å²) in [6.07, 6.45) is 0. The lowest BCUT2D eigenvalue weighted by Gasteiger charge is -1.99. The van der Waals surface area contributed by atoms with Crippen LogP contribution in [0.2, 0.25) is 5.02 Å². The van der Waals surface area contributed by atoms with Crippen LogP contribution in [0.1, 0.15) is 5.56 Å². The Labute approximate surface area is 126 Å². The molecule has 0 bridgehead atoms. The number of benzene rings is 2. The van der Waals surface area contributed by atoms with Crippen LogP contribution >= 0.6 is 11.6 Å². The molecule has 2 rings (SSSR count). The lowest BCUT2D eigenvalue weighted by atomic mass is 10.2. The van der Waals surface area contributed by atoms with Crippen molar-refractivity contribution in [2.45, 2.75) is 0 Å². The summed E-state index contributed by atoms with van der Waals surface area (Å²) in [5, 5.41) is 16.3. The Morgan fingerprint density at radius 3 is 2.14 bits per heavy atom. The molecule has 2 aromatic carbocycles. The number of hydrogen-bond acceptors (Lipinski definition) is 3. The standard InChI is InChI=1S/C14H13ClN6/c15-11-8-6-10(7-9-11)13(20-21-14(16)17)19-18-12-4-2-1-3-5-12/h1-9H,(H4,16,17,21)/b19-18?,20-13+. The van der Waals surface area contributed by atoms with Crippen LogP contribution in [-0.2, 0) is 0 Å². The van der Waals surface area contributed by atoms with Crippen LogP contribution < -0.4 is 11.5 Å². The van der Waals surface area contributed by atoms with Crippen LogP contribution in [0, 0.1) is 0 Å². The number of azo groups is 1. The summed E-state index contributed by atoms with van der Waals surface area (Å²) in [4.78, 5) is 0. The topological polar surface area (TPSA) is 101 Å². The summed E-state index contributed by atoms with van der Waals surface area (Å²) >= 11 is 5.86. The van der Waals surface area contributed by atoms with Crippen molar-refractivity contribution in [1.29, 1.82) is 0 Å². The van der Waals surface area contributed by atoms with Crippen molar-refractivity contribution >= 4 is 29.1 Å². The van der Waals surface area contributed by atoms with Gasteiger partial charge >= 0.3 is 0 Å². The minimum Gasteiger partial charge on any atom is -0.369 e. The second-order valence-corrected chi connectivity index (χ2v) is 4.43. The largest absolute Gasteiger partial charge is 0.369 e. The van der Waals surface area contributed by atoms with E-state index in [1.54, 1.807) is 24.3 Å². The van der Waals surface area contributed by atoms with Crippen molar-refractivity contribution in [2.75, 3.05) is 0 Å². The predicted molar refractivity (Wildman–Crippen MR) is 84.8 cm³/mol. The summed E-state index contributed by atoms with van der Waals surface area (Å²) in [6, 6.07) is 16.2. The molecule has 0 aliphatic rings. The average Bonchev–Trinajstić information content (AvgIpc) is 2.49. The molecule has 0 saturated heterocycles. The van der Waals surface area contributed by atoms with Gasteiger partial charge in [0.15, 0.2) is 0 Å². The molecule has 7 heteroatoms. The lowest BCUT2D eigenvalue weighted by molar-refractivity contribution is 1.16. The number of nitrogens with zero attached hydrogens (tertiary/aromatic N) is 4. The van der Waals surface area contributed by atoms with E-state index >= 15 is 0 Å². The van der Waals surface area contributed by atoms with Gasteiger partial charge in [-0.05, 0) is 36.4 Å². The first-order valence-corrected chi connectivity index (χ1v) is 6.42. The molecule has 0 aromatic heterocycles. The second kappa shape index (κ2) is 7.16. The fourth-order valence-electron chi connectivity index (χ4n) is 1.44. The first-order chi connectivity index (χ1) is 10.1. The fourth-order valence-corrected chi connectivity index (χ4v) is 1.57. The molecule has 0 heterocycles. The second-order valence-electron chi connectivity index (χ2n) is 3.99. The Balaban J connectivity index is 2.33. The number of amidine groups is 1. The van der Waals surface area contributed by atoms with Crippen LogP contribution in [-0.4, -0.2) is 11.8 Å². The molecule has 0 fully saturated rings. The minimum absolute atomic E-state index is 0.156. The maximum absolute atomic E-state index is 5.86. The molecule has 6 nitrogen and oxygen atoms in total. The summed E-state index contributed by atoms with van der Waals surface area (Å²) in [5.74, 6) is 0.125. The zero-order valence-corrected chi connectivity index (χ0v) is 11.8. The van der Waals surface area contributed by atoms with E-state index in [2.05, 4.69) is 20.4 Å². The van der Waals surface area contributed by atoms with Crippen LogP contribution in [0.5, 0.6) is 0 Å². The van der Waals surface area contributed by atoms with Gasteiger partial charge in [-0.25, -0.2) is 0 Å². The van der Waals surface area contributed by atoms with Gasteiger partial charge in [0.1, 0.15) is 0 Å². The Kier molecular flexibility index (Phi) is 5.00. The van der Waals surface area contributed by atoms with Gasteiger partial charge in [-0.1, -0.05) is 29.8 Å². The van der Waals surface area contributed by atoms with E-state index in [0.717, 1.165) is 0 Å². The average molecular weight is 301 g/mol. The van der Waals surface area contributed by atoms with E-state index in [1.165, 1.54) is 0 Å². The zero-order valence-electron chi connectivity index (χ0n) is 11.0. The van der Waals surface area contributed by atoms with Crippen LogP contribution in [0.3, 0.4) is 0 Å². The zero-order chi connectivity index (χ0) is 15.1. The molecule has 106 valence electrons. The molecule has 0 amide bonds. The van der Waals surface area contributed by atoms with E-state index in [-0.39, 0.29) is 11.8 Å². The SMILES string of the molecule is NC(N)=N/N=C(/N=Nc1ccccc1)c1ccc(Cl)cc1. The van der Waals surface area contributed by atoms with Crippen molar-refractivity contribution in [2.24, 2.45) is 31.9 Å². The number of hydrogen-bond donors (Lipinski definition) is 2. The Bertz CT molecular complexity index is 672. The maximum Gasteiger partial charge on any atom is 0.211 e. The van der Waals surface area contributed by atoms with Crippen molar-refractivity contribution < 1.29 is 0 Å². The molecule has 2 aromatic rings. The minimum atomic E-state index is -0.156. The van der Waals surface area contributed by atoms with E-state index in [4.69, 9.17) is 23.1 Å². The van der Waals surface area contributed by atoms with Gasteiger partial charge in [0.05, 0.1) is 5.69 Å². The summed E-state index contributed by atoms with van der Waals surface area (Å²) in [5.41, 5.74) is 12.0. The summed E-state index contributed by atoms with van der Waals surface area (Å²) < 4.78 is 0. The van der Waals surface area contributed by atoms with E-state index in [1.807, 2.05) is 30.3 Å². The molecular formula is C14H13ClN6. The van der Waals surface area contributed by atoms with E-state index in [0.29, 0.717) is 16.3 Å². The van der Waals surface area contributed by atoms with E-state index < -0.39 is 0 Å². The third kappa shape index (κ3) is 4.70. The normalized spacial score (nSPS) is 11.6. The van der Waals surface area contributed by atoms with Crippen molar-refractivity contribution in [1.82, 2.24) is 0 Å². The van der Waals surface area contributed by atoms with Gasteiger partial charge in [0, 0.05) is 10.6 Å². The molecule has 21 heavy (non-hydrogen) atoms. The molecule has 0 spiro atoms. The van der Waals surface area contributed by atoms with Crippen molar-refractivity contribution in [3.8, 4) is 0 Å². The molecular weight excluding hydrogens is 288 g/mol. The van der Waals surface area contributed by atoms with E-state index in [9.17, 15) is 0 Å².